The summed E-state index contributed by atoms with van der Waals surface area (Å²) in [6, 6.07) is 11.8. The van der Waals surface area contributed by atoms with Crippen LogP contribution in [0.4, 0.5) is 4.39 Å². The minimum atomic E-state index is -0.255. The molecule has 24 heavy (non-hydrogen) atoms. The Morgan fingerprint density at radius 1 is 1.17 bits per heavy atom. The van der Waals surface area contributed by atoms with Gasteiger partial charge in [-0.25, -0.2) is 9.37 Å². The van der Waals surface area contributed by atoms with Crippen LogP contribution >= 0.6 is 23.1 Å². The molecule has 0 aliphatic rings. The number of pyridine rings is 1. The molecule has 0 atom stereocenters. The van der Waals surface area contributed by atoms with Crippen molar-refractivity contribution in [1.29, 1.82) is 0 Å². The Hall–Kier alpha value is -2.18. The van der Waals surface area contributed by atoms with E-state index < -0.39 is 0 Å². The summed E-state index contributed by atoms with van der Waals surface area (Å²) in [5, 5.41) is 7.57. The zero-order valence-corrected chi connectivity index (χ0v) is 14.4. The highest BCUT2D eigenvalue weighted by Crippen LogP contribution is 2.24. The first-order valence-corrected chi connectivity index (χ1v) is 9.27. The molecule has 1 aromatic carbocycles. The van der Waals surface area contributed by atoms with Crippen LogP contribution in [0.15, 0.2) is 64.4 Å². The molecule has 0 aliphatic heterocycles. The molecule has 3 nitrogen and oxygen atoms in total. The molecule has 3 aromatic rings. The maximum absolute atomic E-state index is 12.9. The molecule has 2 heterocycles. The Bertz CT molecular complexity index is 804. The number of aromatic nitrogens is 1. The lowest BCUT2D eigenvalue weighted by atomic mass is 10.2. The van der Waals surface area contributed by atoms with Gasteiger partial charge in [0.25, 0.3) is 5.91 Å². The van der Waals surface area contributed by atoms with Crippen molar-refractivity contribution in [1.82, 2.24) is 10.3 Å². The third-order valence-corrected chi connectivity index (χ3v) is 5.15. The highest BCUT2D eigenvalue weighted by Gasteiger charge is 2.12. The summed E-state index contributed by atoms with van der Waals surface area (Å²) in [5.74, 6) is 0.230. The summed E-state index contributed by atoms with van der Waals surface area (Å²) >= 11 is 3.07. The van der Waals surface area contributed by atoms with E-state index in [1.807, 2.05) is 16.8 Å². The SMILES string of the molecule is O=C(NCc1ccsc1)c1cccnc1SCc1ccc(F)cc1. The zero-order valence-electron chi connectivity index (χ0n) is 12.7. The van der Waals surface area contributed by atoms with Crippen molar-refractivity contribution in [3.63, 3.8) is 0 Å². The fraction of sp³-hybridized carbons (Fsp3) is 0.111. The van der Waals surface area contributed by atoms with Gasteiger partial charge in [0.05, 0.1) is 5.56 Å². The second-order valence-electron chi connectivity index (χ2n) is 5.09. The normalized spacial score (nSPS) is 10.5. The van der Waals surface area contributed by atoms with Crippen molar-refractivity contribution in [2.45, 2.75) is 17.3 Å². The van der Waals surface area contributed by atoms with E-state index in [2.05, 4.69) is 10.3 Å². The number of benzene rings is 1. The Morgan fingerprint density at radius 3 is 2.75 bits per heavy atom. The first kappa shape index (κ1) is 16.7. The molecule has 1 amide bonds. The van der Waals surface area contributed by atoms with E-state index >= 15 is 0 Å². The van der Waals surface area contributed by atoms with Gasteiger partial charge < -0.3 is 5.32 Å². The molecule has 122 valence electrons. The fourth-order valence-corrected chi connectivity index (χ4v) is 3.70. The highest BCUT2D eigenvalue weighted by molar-refractivity contribution is 7.98. The average Bonchev–Trinajstić information content (AvgIpc) is 3.13. The summed E-state index contributed by atoms with van der Waals surface area (Å²) in [4.78, 5) is 16.7. The number of hydrogen-bond donors (Lipinski definition) is 1. The molecule has 0 aliphatic carbocycles. The van der Waals surface area contributed by atoms with Crippen molar-refractivity contribution in [2.75, 3.05) is 0 Å². The van der Waals surface area contributed by atoms with Crippen LogP contribution in [0.2, 0.25) is 0 Å². The number of thioether (sulfide) groups is 1. The first-order valence-electron chi connectivity index (χ1n) is 7.34. The Kier molecular flexibility index (Phi) is 5.61. The Labute approximate surface area is 148 Å². The van der Waals surface area contributed by atoms with Gasteiger partial charge in [0.2, 0.25) is 0 Å². The number of rotatable bonds is 6. The summed E-state index contributed by atoms with van der Waals surface area (Å²) in [5.41, 5.74) is 2.62. The fourth-order valence-electron chi connectivity index (χ4n) is 2.08. The second kappa shape index (κ2) is 8.08. The van der Waals surface area contributed by atoms with Gasteiger partial charge in [0, 0.05) is 18.5 Å². The van der Waals surface area contributed by atoms with Crippen LogP contribution in [-0.2, 0) is 12.3 Å². The van der Waals surface area contributed by atoms with Gasteiger partial charge in [-0.05, 0) is 52.2 Å². The molecule has 0 saturated carbocycles. The molecule has 3 rings (SSSR count). The number of hydrogen-bond acceptors (Lipinski definition) is 4. The minimum Gasteiger partial charge on any atom is -0.348 e. The largest absolute Gasteiger partial charge is 0.348 e. The number of carbonyl (C=O) groups excluding carboxylic acids is 1. The molecule has 0 bridgehead atoms. The minimum absolute atomic E-state index is 0.143. The number of nitrogens with zero attached hydrogens (tertiary/aromatic N) is 1. The van der Waals surface area contributed by atoms with E-state index in [0.29, 0.717) is 22.9 Å². The van der Waals surface area contributed by atoms with Crippen molar-refractivity contribution in [3.8, 4) is 0 Å². The number of carbonyl (C=O) groups is 1. The second-order valence-corrected chi connectivity index (χ2v) is 6.83. The van der Waals surface area contributed by atoms with Crippen LogP contribution < -0.4 is 5.32 Å². The predicted molar refractivity (Wildman–Crippen MR) is 95.7 cm³/mol. The van der Waals surface area contributed by atoms with E-state index in [1.54, 1.807) is 41.8 Å². The van der Waals surface area contributed by atoms with Crippen LogP contribution in [0, 0.1) is 5.82 Å². The van der Waals surface area contributed by atoms with E-state index in [1.165, 1.54) is 23.9 Å². The monoisotopic (exact) mass is 358 g/mol. The maximum Gasteiger partial charge on any atom is 0.254 e. The number of halogens is 1. The van der Waals surface area contributed by atoms with Crippen molar-refractivity contribution < 1.29 is 9.18 Å². The molecule has 6 heteroatoms. The molecule has 1 N–H and O–H groups in total. The number of nitrogens with one attached hydrogen (secondary N) is 1. The quantitative estimate of drug-likeness (QED) is 0.660. The zero-order chi connectivity index (χ0) is 16.8. The van der Waals surface area contributed by atoms with Crippen LogP contribution in [0.3, 0.4) is 0 Å². The first-order chi connectivity index (χ1) is 11.7. The van der Waals surface area contributed by atoms with Crippen LogP contribution in [0.25, 0.3) is 0 Å². The van der Waals surface area contributed by atoms with E-state index in [9.17, 15) is 9.18 Å². The molecule has 0 unspecified atom stereocenters. The highest BCUT2D eigenvalue weighted by atomic mass is 32.2. The van der Waals surface area contributed by atoms with Gasteiger partial charge in [-0.15, -0.1) is 11.8 Å². The molecule has 2 aromatic heterocycles. The average molecular weight is 358 g/mol. The Morgan fingerprint density at radius 2 is 2.00 bits per heavy atom. The molecular weight excluding hydrogens is 343 g/mol. The van der Waals surface area contributed by atoms with Crippen molar-refractivity contribution >= 4 is 29.0 Å². The number of thiophene rings is 1. The summed E-state index contributed by atoms with van der Waals surface area (Å²) in [6.45, 7) is 0.499. The van der Waals surface area contributed by atoms with E-state index in [0.717, 1.165) is 11.1 Å². The molecule has 0 radical (unpaired) electrons. The van der Waals surface area contributed by atoms with Gasteiger partial charge in [0.15, 0.2) is 0 Å². The lowest BCUT2D eigenvalue weighted by molar-refractivity contribution is 0.0947. The molecule has 0 spiro atoms. The molecular formula is C18H15FN2OS2. The standard InChI is InChI=1S/C18H15FN2OS2/c19-15-5-3-13(4-6-15)12-24-18-16(2-1-8-20-18)17(22)21-10-14-7-9-23-11-14/h1-9,11H,10,12H2,(H,21,22). The maximum atomic E-state index is 12.9. The van der Waals surface area contributed by atoms with Crippen molar-refractivity contribution in [3.05, 3.63) is 81.9 Å². The number of amides is 1. The summed E-state index contributed by atoms with van der Waals surface area (Å²) < 4.78 is 12.9. The van der Waals surface area contributed by atoms with E-state index in [-0.39, 0.29) is 11.7 Å². The van der Waals surface area contributed by atoms with Crippen LogP contribution in [-0.4, -0.2) is 10.9 Å². The van der Waals surface area contributed by atoms with E-state index in [4.69, 9.17) is 0 Å². The third kappa shape index (κ3) is 4.43. The summed E-state index contributed by atoms with van der Waals surface area (Å²) in [6.07, 6.45) is 1.67. The lowest BCUT2D eigenvalue weighted by Crippen LogP contribution is -2.23. The van der Waals surface area contributed by atoms with Crippen LogP contribution in [0.1, 0.15) is 21.5 Å². The van der Waals surface area contributed by atoms with Gasteiger partial charge in [-0.3, -0.25) is 4.79 Å². The van der Waals surface area contributed by atoms with Crippen LogP contribution in [0.5, 0.6) is 0 Å². The van der Waals surface area contributed by atoms with Gasteiger partial charge in [-0.2, -0.15) is 11.3 Å². The third-order valence-electron chi connectivity index (χ3n) is 3.34. The van der Waals surface area contributed by atoms with Gasteiger partial charge in [0.1, 0.15) is 10.8 Å². The smallest absolute Gasteiger partial charge is 0.254 e. The Balaban J connectivity index is 1.65. The predicted octanol–water partition coefficient (Wildman–Crippen LogP) is 4.50. The van der Waals surface area contributed by atoms with Gasteiger partial charge >= 0.3 is 0 Å². The lowest BCUT2D eigenvalue weighted by Gasteiger charge is -2.08. The van der Waals surface area contributed by atoms with Crippen molar-refractivity contribution in [2.24, 2.45) is 0 Å². The van der Waals surface area contributed by atoms with Gasteiger partial charge in [-0.1, -0.05) is 12.1 Å². The topological polar surface area (TPSA) is 42.0 Å². The molecule has 0 fully saturated rings. The summed E-state index contributed by atoms with van der Waals surface area (Å²) in [7, 11) is 0. The molecule has 0 saturated heterocycles.